The second-order valence-corrected chi connectivity index (χ2v) is 7.71. The molecule has 6 nitrogen and oxygen atoms in total. The topological polar surface area (TPSA) is 67.9 Å². The van der Waals surface area contributed by atoms with Crippen molar-refractivity contribution in [2.75, 3.05) is 30.4 Å². The van der Waals surface area contributed by atoms with Crippen molar-refractivity contribution < 1.29 is 19.1 Å². The highest BCUT2D eigenvalue weighted by Gasteiger charge is 2.19. The predicted molar refractivity (Wildman–Crippen MR) is 118 cm³/mol. The third-order valence-electron chi connectivity index (χ3n) is 5.30. The van der Waals surface area contributed by atoms with Crippen LogP contribution in [0.4, 0.5) is 11.4 Å². The summed E-state index contributed by atoms with van der Waals surface area (Å²) in [6.45, 7) is 5.67. The molecule has 2 aromatic rings. The minimum absolute atomic E-state index is 0.0486. The van der Waals surface area contributed by atoms with Crippen molar-refractivity contribution >= 4 is 23.3 Å². The molecule has 0 radical (unpaired) electrons. The molecule has 30 heavy (non-hydrogen) atoms. The maximum absolute atomic E-state index is 12.4. The van der Waals surface area contributed by atoms with Crippen LogP contribution >= 0.6 is 0 Å². The largest absolute Gasteiger partial charge is 0.496 e. The number of carbonyl (C=O) groups is 2. The van der Waals surface area contributed by atoms with E-state index in [1.54, 1.807) is 14.0 Å². The van der Waals surface area contributed by atoms with E-state index in [0.717, 1.165) is 24.2 Å². The van der Waals surface area contributed by atoms with E-state index in [1.165, 1.54) is 24.9 Å². The number of anilines is 2. The number of amides is 1. The molecule has 1 amide bonds. The fraction of sp³-hybridized carbons (Fsp3) is 0.417. The van der Waals surface area contributed by atoms with Gasteiger partial charge in [0.05, 0.1) is 13.5 Å². The van der Waals surface area contributed by atoms with Crippen molar-refractivity contribution in [1.29, 1.82) is 0 Å². The van der Waals surface area contributed by atoms with E-state index in [4.69, 9.17) is 9.47 Å². The zero-order valence-corrected chi connectivity index (χ0v) is 17.9. The van der Waals surface area contributed by atoms with Gasteiger partial charge in [-0.2, -0.15) is 0 Å². The summed E-state index contributed by atoms with van der Waals surface area (Å²) in [7, 11) is 1.56. The molecule has 0 aromatic heterocycles. The van der Waals surface area contributed by atoms with Crippen molar-refractivity contribution in [1.82, 2.24) is 0 Å². The van der Waals surface area contributed by atoms with Gasteiger partial charge in [-0.05, 0) is 63.4 Å². The van der Waals surface area contributed by atoms with Crippen LogP contribution in [0.5, 0.6) is 5.75 Å². The van der Waals surface area contributed by atoms with Crippen LogP contribution in [0.15, 0.2) is 42.5 Å². The molecule has 2 aromatic carbocycles. The molecule has 1 atom stereocenters. The molecule has 0 aliphatic carbocycles. The number of nitrogens with zero attached hydrogens (tertiary/aromatic N) is 1. The minimum Gasteiger partial charge on any atom is -0.496 e. The van der Waals surface area contributed by atoms with Gasteiger partial charge in [-0.1, -0.05) is 17.7 Å². The summed E-state index contributed by atoms with van der Waals surface area (Å²) in [6, 6.07) is 13.4. The molecule has 0 unspecified atom stereocenters. The lowest BCUT2D eigenvalue weighted by Crippen LogP contribution is -2.31. The molecule has 0 saturated carbocycles. The second-order valence-electron chi connectivity index (χ2n) is 7.71. The number of ether oxygens (including phenoxy) is 2. The normalized spacial score (nSPS) is 14.7. The molecule has 1 aliphatic heterocycles. The highest BCUT2D eigenvalue weighted by atomic mass is 16.5. The molecule has 3 rings (SSSR count). The van der Waals surface area contributed by atoms with Crippen LogP contribution in [-0.4, -0.2) is 38.2 Å². The highest BCUT2D eigenvalue weighted by Crippen LogP contribution is 2.23. The third kappa shape index (κ3) is 5.75. The highest BCUT2D eigenvalue weighted by molar-refractivity contribution is 5.95. The molecular weight excluding hydrogens is 380 g/mol. The lowest BCUT2D eigenvalue weighted by atomic mass is 10.1. The molecule has 1 saturated heterocycles. The van der Waals surface area contributed by atoms with Crippen LogP contribution in [0.3, 0.4) is 0 Å². The summed E-state index contributed by atoms with van der Waals surface area (Å²) in [6.07, 6.45) is 2.88. The van der Waals surface area contributed by atoms with Crippen LogP contribution in [0.25, 0.3) is 0 Å². The van der Waals surface area contributed by atoms with Gasteiger partial charge in [0.1, 0.15) is 5.75 Å². The Morgan fingerprint density at radius 3 is 2.43 bits per heavy atom. The lowest BCUT2D eigenvalue weighted by molar-refractivity contribution is -0.152. The molecular formula is C24H30N2O4. The Hall–Kier alpha value is -3.02. The van der Waals surface area contributed by atoms with Crippen molar-refractivity contribution in [3.8, 4) is 5.75 Å². The number of benzene rings is 2. The smallest absolute Gasteiger partial charge is 0.311 e. The number of piperidine rings is 1. The summed E-state index contributed by atoms with van der Waals surface area (Å²) < 4.78 is 10.6. The van der Waals surface area contributed by atoms with Crippen molar-refractivity contribution in [3.05, 3.63) is 53.6 Å². The SMILES string of the molecule is COc1ccc(C)cc1CC(=O)O[C@@H](C)C(=O)Nc1ccc(N2CCCCC2)cc1. The monoisotopic (exact) mass is 410 g/mol. The van der Waals surface area contributed by atoms with Crippen LogP contribution < -0.4 is 15.0 Å². The van der Waals surface area contributed by atoms with Crippen molar-refractivity contribution in [3.63, 3.8) is 0 Å². The molecule has 0 spiro atoms. The Labute approximate surface area is 178 Å². The molecule has 0 bridgehead atoms. The van der Waals surface area contributed by atoms with Gasteiger partial charge in [0.15, 0.2) is 6.10 Å². The van der Waals surface area contributed by atoms with Gasteiger partial charge in [-0.15, -0.1) is 0 Å². The first-order valence-corrected chi connectivity index (χ1v) is 10.4. The number of nitrogens with one attached hydrogen (secondary N) is 1. The Morgan fingerprint density at radius 1 is 1.07 bits per heavy atom. The van der Waals surface area contributed by atoms with Crippen LogP contribution in [0, 0.1) is 6.92 Å². The first kappa shape index (κ1) is 21.7. The van der Waals surface area contributed by atoms with Gasteiger partial charge >= 0.3 is 5.97 Å². The third-order valence-corrected chi connectivity index (χ3v) is 5.30. The average Bonchev–Trinajstić information content (AvgIpc) is 2.75. The number of hydrogen-bond acceptors (Lipinski definition) is 5. The molecule has 6 heteroatoms. The van der Waals surface area contributed by atoms with Gasteiger partial charge in [-0.3, -0.25) is 9.59 Å². The fourth-order valence-electron chi connectivity index (χ4n) is 3.64. The van der Waals surface area contributed by atoms with Crippen molar-refractivity contribution in [2.45, 2.75) is 45.6 Å². The Bertz CT molecular complexity index is 873. The number of methoxy groups -OCH3 is 1. The first-order valence-electron chi connectivity index (χ1n) is 10.4. The zero-order chi connectivity index (χ0) is 21.5. The first-order chi connectivity index (χ1) is 14.5. The Morgan fingerprint density at radius 2 is 1.77 bits per heavy atom. The van der Waals surface area contributed by atoms with Gasteiger partial charge in [-0.25, -0.2) is 0 Å². The predicted octanol–water partition coefficient (Wildman–Crippen LogP) is 4.11. The maximum atomic E-state index is 12.4. The van der Waals surface area contributed by atoms with Crippen molar-refractivity contribution in [2.24, 2.45) is 0 Å². The van der Waals surface area contributed by atoms with Gasteiger partial charge < -0.3 is 19.7 Å². The summed E-state index contributed by atoms with van der Waals surface area (Å²) in [4.78, 5) is 27.1. The second kappa shape index (κ2) is 10.1. The van der Waals surface area contributed by atoms with E-state index in [-0.39, 0.29) is 12.3 Å². The van der Waals surface area contributed by atoms with Gasteiger partial charge in [0.2, 0.25) is 0 Å². The van der Waals surface area contributed by atoms with Gasteiger partial charge in [0.25, 0.3) is 5.91 Å². The number of esters is 1. The summed E-state index contributed by atoms with van der Waals surface area (Å²) in [5, 5.41) is 2.81. The van der Waals surface area contributed by atoms with Crippen LogP contribution in [0.1, 0.15) is 37.3 Å². The number of rotatable bonds is 7. The fourth-order valence-corrected chi connectivity index (χ4v) is 3.64. The van der Waals surface area contributed by atoms with Crippen LogP contribution in [-0.2, 0) is 20.7 Å². The zero-order valence-electron chi connectivity index (χ0n) is 17.9. The average molecular weight is 411 g/mol. The maximum Gasteiger partial charge on any atom is 0.311 e. The standard InChI is InChI=1S/C24H30N2O4/c1-17-7-12-22(29-3)19(15-17)16-23(27)30-18(2)24(28)25-20-8-10-21(11-9-20)26-13-5-4-6-14-26/h7-12,15,18H,4-6,13-14,16H2,1-3H3,(H,25,28)/t18-/m0/s1. The minimum atomic E-state index is -0.893. The molecule has 1 aliphatic rings. The summed E-state index contributed by atoms with van der Waals surface area (Å²) in [5.74, 6) is -0.198. The Balaban J connectivity index is 1.53. The van der Waals surface area contributed by atoms with E-state index in [0.29, 0.717) is 11.4 Å². The number of carbonyl (C=O) groups excluding carboxylic acids is 2. The van der Waals surface area contributed by atoms with Crippen LogP contribution in [0.2, 0.25) is 0 Å². The summed E-state index contributed by atoms with van der Waals surface area (Å²) in [5.41, 5.74) is 3.61. The van der Waals surface area contributed by atoms with E-state index in [2.05, 4.69) is 10.2 Å². The van der Waals surface area contributed by atoms with Gasteiger partial charge in [0, 0.05) is 30.0 Å². The number of aryl methyl sites for hydroxylation is 1. The molecule has 1 fully saturated rings. The lowest BCUT2D eigenvalue weighted by Gasteiger charge is -2.28. The van der Waals surface area contributed by atoms with E-state index >= 15 is 0 Å². The molecule has 1 N–H and O–H groups in total. The molecule has 160 valence electrons. The van der Waals surface area contributed by atoms with E-state index in [1.807, 2.05) is 49.4 Å². The quantitative estimate of drug-likeness (QED) is 0.696. The van der Waals surface area contributed by atoms with E-state index in [9.17, 15) is 9.59 Å². The molecule has 1 heterocycles. The van der Waals surface area contributed by atoms with E-state index < -0.39 is 12.1 Å². The number of hydrogen-bond donors (Lipinski definition) is 1. The summed E-state index contributed by atoms with van der Waals surface area (Å²) >= 11 is 0. The Kier molecular flexibility index (Phi) is 7.33.